The number of carbonyl (C=O) groups is 2. The number of benzene rings is 1. The summed E-state index contributed by atoms with van der Waals surface area (Å²) in [5.41, 5.74) is 1.21. The van der Waals surface area contributed by atoms with Crippen molar-refractivity contribution in [2.75, 3.05) is 26.1 Å². The number of rotatable bonds is 6. The standard InChI is InChI=1S/C19H19N3O4S/c1-25-15-8-7-12(11-16(15)26-2)20-17(23)9-10-22-18(24)13-5-3-4-6-14(13)21-19(22)27/h3-8,11,13H,9-10H2,1-2H3,(H,20,23). The Kier molecular flexibility index (Phi) is 5.66. The van der Waals surface area contributed by atoms with Crippen LogP contribution in [0.2, 0.25) is 0 Å². The molecular formula is C19H19N3O4S. The van der Waals surface area contributed by atoms with Crippen LogP contribution in [0.3, 0.4) is 0 Å². The number of thiocarbonyl (C=S) groups is 1. The predicted octanol–water partition coefficient (Wildman–Crippen LogP) is 2.34. The molecule has 140 valence electrons. The van der Waals surface area contributed by atoms with Crippen molar-refractivity contribution in [3.8, 4) is 11.5 Å². The highest BCUT2D eigenvalue weighted by Crippen LogP contribution is 2.29. The highest BCUT2D eigenvalue weighted by atomic mass is 32.1. The van der Waals surface area contributed by atoms with Crippen LogP contribution in [-0.4, -0.2) is 48.3 Å². The van der Waals surface area contributed by atoms with Crippen molar-refractivity contribution in [2.45, 2.75) is 6.42 Å². The zero-order valence-electron chi connectivity index (χ0n) is 15.0. The molecular weight excluding hydrogens is 366 g/mol. The van der Waals surface area contributed by atoms with Gasteiger partial charge in [-0.2, -0.15) is 0 Å². The maximum Gasteiger partial charge on any atom is 0.241 e. The van der Waals surface area contributed by atoms with Crippen LogP contribution in [0.4, 0.5) is 5.69 Å². The number of fused-ring (bicyclic) bond motifs is 1. The van der Waals surface area contributed by atoms with Crippen LogP contribution in [0.5, 0.6) is 11.5 Å². The van der Waals surface area contributed by atoms with E-state index in [1.807, 2.05) is 6.08 Å². The second kappa shape index (κ2) is 8.13. The Morgan fingerprint density at radius 1 is 1.26 bits per heavy atom. The third kappa shape index (κ3) is 4.06. The van der Waals surface area contributed by atoms with Gasteiger partial charge >= 0.3 is 0 Å². The van der Waals surface area contributed by atoms with Crippen molar-refractivity contribution in [1.82, 2.24) is 4.90 Å². The predicted molar refractivity (Wildman–Crippen MR) is 106 cm³/mol. The Labute approximate surface area is 162 Å². The highest BCUT2D eigenvalue weighted by molar-refractivity contribution is 7.80. The van der Waals surface area contributed by atoms with Crippen LogP contribution in [0, 0.1) is 5.92 Å². The Hall–Kier alpha value is -3.00. The second-order valence-electron chi connectivity index (χ2n) is 5.90. The molecule has 0 saturated carbocycles. The molecule has 0 fully saturated rings. The second-order valence-corrected chi connectivity index (χ2v) is 6.26. The van der Waals surface area contributed by atoms with E-state index in [-0.39, 0.29) is 29.9 Å². The molecule has 0 aromatic heterocycles. The van der Waals surface area contributed by atoms with Crippen LogP contribution in [0.1, 0.15) is 6.42 Å². The molecule has 2 amide bonds. The Morgan fingerprint density at radius 3 is 2.78 bits per heavy atom. The summed E-state index contributed by atoms with van der Waals surface area (Å²) in [6.07, 6.45) is 7.27. The summed E-state index contributed by atoms with van der Waals surface area (Å²) in [4.78, 5) is 30.6. The molecule has 2 aliphatic rings. The number of methoxy groups -OCH3 is 2. The lowest BCUT2D eigenvalue weighted by atomic mass is 9.95. The van der Waals surface area contributed by atoms with Gasteiger partial charge in [0.05, 0.1) is 25.8 Å². The van der Waals surface area contributed by atoms with Gasteiger partial charge in [-0.25, -0.2) is 4.99 Å². The van der Waals surface area contributed by atoms with Crippen LogP contribution in [0.25, 0.3) is 0 Å². The van der Waals surface area contributed by atoms with E-state index in [0.29, 0.717) is 22.9 Å². The number of anilines is 1. The molecule has 3 rings (SSSR count). The fraction of sp³-hybridized carbons (Fsp3) is 0.263. The molecule has 1 aliphatic heterocycles. The molecule has 1 unspecified atom stereocenters. The molecule has 1 aliphatic carbocycles. The Balaban J connectivity index is 1.62. The maximum atomic E-state index is 12.6. The molecule has 27 heavy (non-hydrogen) atoms. The van der Waals surface area contributed by atoms with Crippen molar-refractivity contribution >= 4 is 40.5 Å². The highest BCUT2D eigenvalue weighted by Gasteiger charge is 2.33. The minimum absolute atomic E-state index is 0.0946. The zero-order chi connectivity index (χ0) is 19.4. The van der Waals surface area contributed by atoms with E-state index < -0.39 is 5.92 Å². The third-order valence-corrected chi connectivity index (χ3v) is 4.53. The van der Waals surface area contributed by atoms with Crippen LogP contribution < -0.4 is 14.8 Å². The van der Waals surface area contributed by atoms with Gasteiger partial charge in [0, 0.05) is 24.7 Å². The van der Waals surface area contributed by atoms with E-state index in [0.717, 1.165) is 0 Å². The fourth-order valence-corrected chi connectivity index (χ4v) is 3.12. The topological polar surface area (TPSA) is 80.2 Å². The molecule has 1 aromatic carbocycles. The quantitative estimate of drug-likeness (QED) is 0.761. The van der Waals surface area contributed by atoms with Gasteiger partial charge in [0.2, 0.25) is 16.9 Å². The number of aliphatic imine (C=N–C) groups is 1. The number of carbonyl (C=O) groups excluding carboxylic acids is 2. The lowest BCUT2D eigenvalue weighted by Gasteiger charge is -2.30. The Bertz CT molecular complexity index is 876. The van der Waals surface area contributed by atoms with E-state index in [2.05, 4.69) is 10.3 Å². The summed E-state index contributed by atoms with van der Waals surface area (Å²) in [5, 5.41) is 2.96. The molecule has 1 aromatic rings. The van der Waals surface area contributed by atoms with Gasteiger partial charge in [0.25, 0.3) is 0 Å². The van der Waals surface area contributed by atoms with Crippen LogP contribution >= 0.6 is 12.2 Å². The molecule has 1 heterocycles. The van der Waals surface area contributed by atoms with Gasteiger partial charge in [-0.15, -0.1) is 0 Å². The van der Waals surface area contributed by atoms with E-state index in [1.54, 1.807) is 43.5 Å². The Morgan fingerprint density at radius 2 is 2.04 bits per heavy atom. The number of nitrogens with one attached hydrogen (secondary N) is 1. The van der Waals surface area contributed by atoms with Gasteiger partial charge in [-0.05, 0) is 30.4 Å². The SMILES string of the molecule is COc1ccc(NC(=O)CCN2C(=O)C3C=CC=CC3=NC2=S)cc1OC. The summed E-state index contributed by atoms with van der Waals surface area (Å²) in [7, 11) is 3.07. The largest absolute Gasteiger partial charge is 0.493 e. The number of nitrogens with zero attached hydrogens (tertiary/aromatic N) is 2. The van der Waals surface area contributed by atoms with E-state index in [9.17, 15) is 9.59 Å². The smallest absolute Gasteiger partial charge is 0.241 e. The van der Waals surface area contributed by atoms with Crippen molar-refractivity contribution in [2.24, 2.45) is 10.9 Å². The normalized spacial score (nSPS) is 18.1. The van der Waals surface area contributed by atoms with Crippen molar-refractivity contribution in [3.05, 3.63) is 42.5 Å². The first kappa shape index (κ1) is 18.8. The molecule has 8 heteroatoms. The summed E-state index contributed by atoms with van der Waals surface area (Å²) in [6.45, 7) is 0.168. The molecule has 1 N–H and O–H groups in total. The number of ether oxygens (including phenoxy) is 2. The summed E-state index contributed by atoms with van der Waals surface area (Å²) in [5.74, 6) is 0.247. The average Bonchev–Trinajstić information content (AvgIpc) is 2.67. The lowest BCUT2D eigenvalue weighted by molar-refractivity contribution is -0.128. The molecule has 0 radical (unpaired) electrons. The first-order valence-electron chi connectivity index (χ1n) is 8.34. The van der Waals surface area contributed by atoms with Crippen molar-refractivity contribution in [1.29, 1.82) is 0 Å². The van der Waals surface area contributed by atoms with E-state index in [4.69, 9.17) is 21.7 Å². The fourth-order valence-electron chi connectivity index (χ4n) is 2.84. The first-order chi connectivity index (χ1) is 13.0. The minimum Gasteiger partial charge on any atom is -0.493 e. The summed E-state index contributed by atoms with van der Waals surface area (Å²) >= 11 is 5.21. The monoisotopic (exact) mass is 385 g/mol. The van der Waals surface area contributed by atoms with Crippen molar-refractivity contribution < 1.29 is 19.1 Å². The summed E-state index contributed by atoms with van der Waals surface area (Å²) < 4.78 is 10.4. The number of amides is 2. The number of hydrogen-bond acceptors (Lipinski definition) is 5. The van der Waals surface area contributed by atoms with Crippen LogP contribution in [-0.2, 0) is 9.59 Å². The number of allylic oxidation sites excluding steroid dienone is 3. The van der Waals surface area contributed by atoms with Crippen LogP contribution in [0.15, 0.2) is 47.5 Å². The minimum atomic E-state index is -0.435. The van der Waals surface area contributed by atoms with Gasteiger partial charge in [-0.1, -0.05) is 18.2 Å². The van der Waals surface area contributed by atoms with Crippen molar-refractivity contribution in [3.63, 3.8) is 0 Å². The zero-order valence-corrected chi connectivity index (χ0v) is 15.8. The molecule has 0 saturated heterocycles. The number of hydrogen-bond donors (Lipinski definition) is 1. The van der Waals surface area contributed by atoms with E-state index >= 15 is 0 Å². The molecule has 1 atom stereocenters. The van der Waals surface area contributed by atoms with E-state index in [1.165, 1.54) is 12.0 Å². The first-order valence-corrected chi connectivity index (χ1v) is 8.75. The lowest BCUT2D eigenvalue weighted by Crippen LogP contribution is -2.46. The molecule has 7 nitrogen and oxygen atoms in total. The maximum absolute atomic E-state index is 12.6. The van der Waals surface area contributed by atoms with Gasteiger partial charge < -0.3 is 14.8 Å². The third-order valence-electron chi connectivity index (χ3n) is 4.22. The van der Waals surface area contributed by atoms with Gasteiger partial charge in [-0.3, -0.25) is 14.5 Å². The molecule has 0 bridgehead atoms. The summed E-state index contributed by atoms with van der Waals surface area (Å²) in [6, 6.07) is 5.09. The van der Waals surface area contributed by atoms with Gasteiger partial charge in [0.1, 0.15) is 0 Å². The van der Waals surface area contributed by atoms with Gasteiger partial charge in [0.15, 0.2) is 11.5 Å². The molecule has 0 spiro atoms. The average molecular weight is 385 g/mol.